The van der Waals surface area contributed by atoms with Crippen molar-refractivity contribution in [1.82, 2.24) is 19.9 Å². The molecule has 0 fully saturated rings. The molecule has 0 atom stereocenters. The zero-order chi connectivity index (χ0) is 20.8. The lowest BCUT2D eigenvalue weighted by atomic mass is 10.0. The van der Waals surface area contributed by atoms with Crippen LogP contribution in [0.2, 0.25) is 0 Å². The van der Waals surface area contributed by atoms with Crippen molar-refractivity contribution in [3.8, 4) is 0 Å². The van der Waals surface area contributed by atoms with Crippen molar-refractivity contribution in [2.24, 2.45) is 0 Å². The zero-order valence-corrected chi connectivity index (χ0v) is 15.6. The van der Waals surface area contributed by atoms with E-state index >= 15 is 0 Å². The summed E-state index contributed by atoms with van der Waals surface area (Å²) >= 11 is 0. The number of carboxylic acid groups (broad SMARTS) is 1. The smallest absolute Gasteiger partial charge is 0.303 e. The summed E-state index contributed by atoms with van der Waals surface area (Å²) in [5, 5.41) is 11.8. The van der Waals surface area contributed by atoms with Gasteiger partial charge in [-0.2, -0.15) is 9.97 Å². The van der Waals surface area contributed by atoms with Crippen molar-refractivity contribution >= 4 is 40.4 Å². The standard InChI is InChI=1S/C19H21N7O3/c20-17-16-18(26-19(21)25-17)23-10-13(24-16)9-22-12-7-5-11(6-8-12)14(27)3-1-2-4-15(28)29/h5-8,10,22H,1-4,9H2,(H,28,29)(H4,20,21,23,25,26). The number of ketones is 1. The zero-order valence-electron chi connectivity index (χ0n) is 15.6. The largest absolute Gasteiger partial charge is 0.481 e. The summed E-state index contributed by atoms with van der Waals surface area (Å²) in [5.74, 6) is -0.625. The van der Waals surface area contributed by atoms with Crippen LogP contribution in [0.15, 0.2) is 30.5 Å². The van der Waals surface area contributed by atoms with Gasteiger partial charge in [0.1, 0.15) is 0 Å². The molecule has 29 heavy (non-hydrogen) atoms. The highest BCUT2D eigenvalue weighted by molar-refractivity contribution is 5.96. The first-order valence-corrected chi connectivity index (χ1v) is 9.06. The van der Waals surface area contributed by atoms with Crippen molar-refractivity contribution in [2.75, 3.05) is 16.8 Å². The number of aromatic nitrogens is 4. The van der Waals surface area contributed by atoms with E-state index in [1.165, 1.54) is 0 Å². The maximum atomic E-state index is 12.1. The number of carbonyl (C=O) groups is 2. The Morgan fingerprint density at radius 2 is 1.72 bits per heavy atom. The molecule has 6 N–H and O–H groups in total. The summed E-state index contributed by atoms with van der Waals surface area (Å²) in [6.07, 6.45) is 3.05. The highest BCUT2D eigenvalue weighted by Gasteiger charge is 2.09. The SMILES string of the molecule is Nc1nc(N)c2nc(CNc3ccc(C(=O)CCCCC(=O)O)cc3)cnc2n1. The van der Waals surface area contributed by atoms with E-state index in [0.29, 0.717) is 48.2 Å². The third kappa shape index (κ3) is 5.34. The third-order valence-electron chi connectivity index (χ3n) is 4.23. The number of nitrogens with zero attached hydrogens (tertiary/aromatic N) is 4. The second-order valence-corrected chi connectivity index (χ2v) is 6.46. The lowest BCUT2D eigenvalue weighted by Crippen LogP contribution is -2.07. The van der Waals surface area contributed by atoms with Gasteiger partial charge in [0.05, 0.1) is 18.4 Å². The molecule has 0 aliphatic carbocycles. The number of nitrogens with two attached hydrogens (primary N) is 2. The van der Waals surface area contributed by atoms with Crippen LogP contribution in [-0.2, 0) is 11.3 Å². The van der Waals surface area contributed by atoms with Crippen molar-refractivity contribution in [1.29, 1.82) is 0 Å². The Labute approximate surface area is 166 Å². The third-order valence-corrected chi connectivity index (χ3v) is 4.23. The van der Waals surface area contributed by atoms with E-state index < -0.39 is 5.97 Å². The van der Waals surface area contributed by atoms with E-state index in [1.54, 1.807) is 30.5 Å². The summed E-state index contributed by atoms with van der Waals surface area (Å²) in [4.78, 5) is 39.1. The van der Waals surface area contributed by atoms with Gasteiger partial charge in [-0.3, -0.25) is 9.59 Å². The molecule has 3 rings (SSSR count). The maximum absolute atomic E-state index is 12.1. The van der Waals surface area contributed by atoms with Gasteiger partial charge >= 0.3 is 5.97 Å². The monoisotopic (exact) mass is 395 g/mol. The van der Waals surface area contributed by atoms with Crippen LogP contribution in [-0.4, -0.2) is 36.8 Å². The molecule has 2 aromatic heterocycles. The number of carboxylic acids is 1. The number of hydrogen-bond donors (Lipinski definition) is 4. The van der Waals surface area contributed by atoms with E-state index in [0.717, 1.165) is 5.69 Å². The average molecular weight is 395 g/mol. The normalized spacial score (nSPS) is 10.8. The van der Waals surface area contributed by atoms with E-state index in [1.807, 2.05) is 0 Å². The molecule has 0 aliphatic rings. The van der Waals surface area contributed by atoms with Gasteiger partial charge in [0, 0.05) is 24.1 Å². The van der Waals surface area contributed by atoms with Crippen LogP contribution in [0.5, 0.6) is 0 Å². The number of carbonyl (C=O) groups excluding carboxylic acids is 1. The molecule has 0 bridgehead atoms. The number of nitrogens with one attached hydrogen (secondary N) is 1. The van der Waals surface area contributed by atoms with Gasteiger partial charge in [0.25, 0.3) is 0 Å². The molecule has 0 aliphatic heterocycles. The number of rotatable bonds is 9. The fourth-order valence-electron chi connectivity index (χ4n) is 2.74. The Kier molecular flexibility index (Phi) is 6.12. The Balaban J connectivity index is 1.57. The topological polar surface area (TPSA) is 170 Å². The van der Waals surface area contributed by atoms with Crippen LogP contribution >= 0.6 is 0 Å². The van der Waals surface area contributed by atoms with Crippen LogP contribution in [0, 0.1) is 0 Å². The summed E-state index contributed by atoms with van der Waals surface area (Å²) in [6.45, 7) is 0.398. The summed E-state index contributed by atoms with van der Waals surface area (Å²) in [6, 6.07) is 7.08. The van der Waals surface area contributed by atoms with Crippen molar-refractivity contribution in [2.45, 2.75) is 32.2 Å². The second-order valence-electron chi connectivity index (χ2n) is 6.46. The Morgan fingerprint density at radius 3 is 2.45 bits per heavy atom. The molecular weight excluding hydrogens is 374 g/mol. The molecule has 2 heterocycles. The minimum Gasteiger partial charge on any atom is -0.481 e. The van der Waals surface area contributed by atoms with E-state index in [-0.39, 0.29) is 24.0 Å². The van der Waals surface area contributed by atoms with Crippen LogP contribution in [0.3, 0.4) is 0 Å². The number of unbranched alkanes of at least 4 members (excludes halogenated alkanes) is 1. The van der Waals surface area contributed by atoms with Crippen LogP contribution in [0.1, 0.15) is 41.7 Å². The van der Waals surface area contributed by atoms with Gasteiger partial charge in [-0.05, 0) is 37.1 Å². The van der Waals surface area contributed by atoms with Gasteiger partial charge in [-0.25, -0.2) is 9.97 Å². The molecule has 0 saturated heterocycles. The Hall–Kier alpha value is -3.82. The number of benzene rings is 1. The molecule has 0 radical (unpaired) electrons. The van der Waals surface area contributed by atoms with Crippen molar-refractivity contribution in [3.05, 3.63) is 41.7 Å². The minimum atomic E-state index is -0.844. The first kappa shape index (κ1) is 19.9. The Morgan fingerprint density at radius 1 is 1.00 bits per heavy atom. The summed E-state index contributed by atoms with van der Waals surface area (Å²) in [7, 11) is 0. The molecule has 0 unspecified atom stereocenters. The number of anilines is 3. The lowest BCUT2D eigenvalue weighted by molar-refractivity contribution is -0.137. The van der Waals surface area contributed by atoms with Gasteiger partial charge in [0.15, 0.2) is 22.8 Å². The number of nitrogen functional groups attached to an aromatic ring is 2. The van der Waals surface area contributed by atoms with Crippen molar-refractivity contribution in [3.63, 3.8) is 0 Å². The molecule has 0 saturated carbocycles. The summed E-state index contributed by atoms with van der Waals surface area (Å²) < 4.78 is 0. The van der Waals surface area contributed by atoms with Gasteiger partial charge in [0.2, 0.25) is 5.95 Å². The molecule has 10 nitrogen and oxygen atoms in total. The summed E-state index contributed by atoms with van der Waals surface area (Å²) in [5.41, 5.74) is 14.2. The molecule has 10 heteroatoms. The number of Topliss-reactive ketones (excluding diaryl/α,β-unsaturated/α-hetero) is 1. The molecule has 3 aromatic rings. The first-order valence-electron chi connectivity index (χ1n) is 9.06. The fourth-order valence-corrected chi connectivity index (χ4v) is 2.74. The van der Waals surface area contributed by atoms with Crippen molar-refractivity contribution < 1.29 is 14.7 Å². The quantitative estimate of drug-likeness (QED) is 0.310. The highest BCUT2D eigenvalue weighted by Crippen LogP contribution is 2.16. The van der Waals surface area contributed by atoms with Gasteiger partial charge in [-0.15, -0.1) is 0 Å². The highest BCUT2D eigenvalue weighted by atomic mass is 16.4. The first-order chi connectivity index (χ1) is 13.9. The van der Waals surface area contributed by atoms with E-state index in [9.17, 15) is 9.59 Å². The predicted molar refractivity (Wildman–Crippen MR) is 108 cm³/mol. The number of fused-ring (bicyclic) bond motifs is 1. The molecular formula is C19H21N7O3. The van der Waals surface area contributed by atoms with Crippen LogP contribution in [0.4, 0.5) is 17.5 Å². The van der Waals surface area contributed by atoms with E-state index in [2.05, 4.69) is 25.3 Å². The number of aliphatic carboxylic acids is 1. The Bertz CT molecular complexity index is 1040. The maximum Gasteiger partial charge on any atom is 0.303 e. The predicted octanol–water partition coefficient (Wildman–Crippen LogP) is 2.02. The van der Waals surface area contributed by atoms with Gasteiger partial charge in [-0.1, -0.05) is 0 Å². The van der Waals surface area contributed by atoms with Crippen LogP contribution in [0.25, 0.3) is 11.2 Å². The average Bonchev–Trinajstić information content (AvgIpc) is 2.70. The molecule has 1 aromatic carbocycles. The molecule has 0 amide bonds. The molecule has 150 valence electrons. The fraction of sp³-hybridized carbons (Fsp3) is 0.263. The lowest BCUT2D eigenvalue weighted by Gasteiger charge is -2.08. The van der Waals surface area contributed by atoms with Gasteiger partial charge < -0.3 is 21.9 Å². The number of hydrogen-bond acceptors (Lipinski definition) is 9. The molecule has 0 spiro atoms. The van der Waals surface area contributed by atoms with E-state index in [4.69, 9.17) is 16.6 Å². The minimum absolute atomic E-state index is 0.00270. The second kappa shape index (κ2) is 8.91. The van der Waals surface area contributed by atoms with Crippen LogP contribution < -0.4 is 16.8 Å².